The fourth-order valence-electron chi connectivity index (χ4n) is 3.17. The molecule has 0 amide bonds. The van der Waals surface area contributed by atoms with Gasteiger partial charge in [-0.25, -0.2) is 9.56 Å². The summed E-state index contributed by atoms with van der Waals surface area (Å²) in [5.74, 6) is 0.837. The maximum Gasteiger partial charge on any atom is 0.203 e. The zero-order valence-corrected chi connectivity index (χ0v) is 15.5. The molecule has 5 heteroatoms. The molecule has 0 saturated heterocycles. The first-order valence-electron chi connectivity index (χ1n) is 8.87. The number of hydrogen-bond donors (Lipinski definition) is 0. The molecule has 0 radical (unpaired) electrons. The highest BCUT2D eigenvalue weighted by molar-refractivity contribution is 5.80. The lowest BCUT2D eigenvalue weighted by Crippen LogP contribution is -2.29. The summed E-state index contributed by atoms with van der Waals surface area (Å²) in [6, 6.07) is 12.5. The van der Waals surface area contributed by atoms with E-state index in [2.05, 4.69) is 61.4 Å². The Bertz CT molecular complexity index is 876. The number of nitrogens with zero attached hydrogens (tertiary/aromatic N) is 3. The van der Waals surface area contributed by atoms with Crippen molar-refractivity contribution in [3.05, 3.63) is 41.8 Å². The number of hydrogen-bond acceptors (Lipinski definition) is 4. The first-order chi connectivity index (χ1) is 11.7. The van der Waals surface area contributed by atoms with Gasteiger partial charge in [-0.15, -0.1) is 0 Å². The van der Waals surface area contributed by atoms with Crippen LogP contribution in [0.5, 0.6) is 0 Å². The summed E-state index contributed by atoms with van der Waals surface area (Å²) in [4.78, 5) is 7.06. The van der Waals surface area contributed by atoms with Crippen molar-refractivity contribution in [1.82, 2.24) is 9.56 Å². The molecule has 0 atom stereocenters. The van der Waals surface area contributed by atoms with Crippen LogP contribution in [0.1, 0.15) is 27.7 Å². The lowest BCUT2D eigenvalue weighted by atomic mass is 10.2. The predicted octanol–water partition coefficient (Wildman–Crippen LogP) is 3.41. The molecule has 5 nitrogen and oxygen atoms in total. The second-order valence-electron chi connectivity index (χ2n) is 5.86. The molecule has 0 spiro atoms. The summed E-state index contributed by atoms with van der Waals surface area (Å²) >= 11 is 0. The molecule has 1 heterocycles. The fraction of sp³-hybridized carbons (Fsp3) is 0.400. The number of rotatable bonds is 5. The molecule has 1 aliphatic carbocycles. The van der Waals surface area contributed by atoms with Crippen molar-refractivity contribution in [3.8, 4) is 11.5 Å². The summed E-state index contributed by atoms with van der Waals surface area (Å²) in [5.41, 5.74) is 3.81. The zero-order valence-electron chi connectivity index (χ0n) is 15.5. The van der Waals surface area contributed by atoms with Crippen LogP contribution < -0.4 is 14.8 Å². The molecular formula is C20H27N3O2. The third kappa shape index (κ3) is 3.66. The minimum atomic E-state index is 0. The Hall–Kier alpha value is -2.40. The average molecular weight is 341 g/mol. The lowest BCUT2D eigenvalue weighted by molar-refractivity contribution is 0.600. The molecule has 1 aromatic rings. The van der Waals surface area contributed by atoms with Crippen molar-refractivity contribution in [1.29, 1.82) is 0 Å². The molecule has 0 aromatic heterocycles. The zero-order chi connectivity index (χ0) is 17.1. The van der Waals surface area contributed by atoms with E-state index in [1.165, 1.54) is 11.0 Å². The van der Waals surface area contributed by atoms with E-state index in [4.69, 9.17) is 9.40 Å². The van der Waals surface area contributed by atoms with E-state index in [0.29, 0.717) is 0 Å². The van der Waals surface area contributed by atoms with Crippen LogP contribution >= 0.6 is 0 Å². The van der Waals surface area contributed by atoms with Gasteiger partial charge in [0.25, 0.3) is 0 Å². The van der Waals surface area contributed by atoms with E-state index in [1.807, 2.05) is 12.1 Å². The van der Waals surface area contributed by atoms with Crippen LogP contribution in [0.25, 0.3) is 22.6 Å². The maximum absolute atomic E-state index is 6.19. The van der Waals surface area contributed by atoms with E-state index in [1.54, 1.807) is 0 Å². The first-order valence-corrected chi connectivity index (χ1v) is 8.87. The van der Waals surface area contributed by atoms with Crippen LogP contribution in [-0.2, 0) is 0 Å². The Balaban J connectivity index is 0.00000225. The van der Waals surface area contributed by atoms with Gasteiger partial charge in [-0.1, -0.05) is 0 Å². The highest BCUT2D eigenvalue weighted by Gasteiger charge is 2.12. The Kier molecular flexibility index (Phi) is 6.15. The summed E-state index contributed by atoms with van der Waals surface area (Å²) in [6.07, 6.45) is 0. The molecule has 3 rings (SSSR count). The second kappa shape index (κ2) is 8.12. The minimum Gasteiger partial charge on any atom is -0.870 e. The third-order valence-corrected chi connectivity index (χ3v) is 4.60. The van der Waals surface area contributed by atoms with Gasteiger partial charge >= 0.3 is 0 Å². The van der Waals surface area contributed by atoms with Crippen molar-refractivity contribution in [2.75, 3.05) is 31.1 Å². The molecule has 25 heavy (non-hydrogen) atoms. The molecule has 0 unspecified atom stereocenters. The van der Waals surface area contributed by atoms with Crippen LogP contribution in [-0.4, -0.2) is 36.6 Å². The highest BCUT2D eigenvalue weighted by atomic mass is 16.3. The summed E-state index contributed by atoms with van der Waals surface area (Å²) in [5, 5.41) is 1.18. The number of aromatic nitrogens is 1. The number of anilines is 1. The van der Waals surface area contributed by atoms with Gasteiger partial charge in [0.1, 0.15) is 24.3 Å². The molecule has 1 aliphatic heterocycles. The topological polar surface area (TPSA) is 62.3 Å². The first kappa shape index (κ1) is 18.9. The van der Waals surface area contributed by atoms with Gasteiger partial charge in [-0.2, -0.15) is 0 Å². The molecule has 2 aliphatic rings. The van der Waals surface area contributed by atoms with Gasteiger partial charge < -0.3 is 14.8 Å². The van der Waals surface area contributed by atoms with Gasteiger partial charge in [0.15, 0.2) is 11.3 Å². The van der Waals surface area contributed by atoms with E-state index >= 15 is 0 Å². The van der Waals surface area contributed by atoms with Crippen molar-refractivity contribution >= 4 is 16.8 Å². The van der Waals surface area contributed by atoms with Gasteiger partial charge in [0, 0.05) is 30.9 Å². The summed E-state index contributed by atoms with van der Waals surface area (Å²) < 4.78 is 8.50. The van der Waals surface area contributed by atoms with E-state index in [0.717, 1.165) is 48.7 Å². The van der Waals surface area contributed by atoms with Gasteiger partial charge in [-0.3, -0.25) is 0 Å². The van der Waals surface area contributed by atoms with E-state index in [-0.39, 0.29) is 5.48 Å². The fourth-order valence-corrected chi connectivity index (χ4v) is 3.17. The van der Waals surface area contributed by atoms with Crippen LogP contribution in [0.2, 0.25) is 0 Å². The molecule has 0 fully saturated rings. The largest absolute Gasteiger partial charge is 0.870 e. The Morgan fingerprint density at radius 1 is 0.960 bits per heavy atom. The van der Waals surface area contributed by atoms with Crippen molar-refractivity contribution in [2.45, 2.75) is 27.7 Å². The summed E-state index contributed by atoms with van der Waals surface area (Å²) in [6.45, 7) is 12.6. The van der Waals surface area contributed by atoms with E-state index < -0.39 is 0 Å². The molecule has 0 bridgehead atoms. The monoisotopic (exact) mass is 341 g/mol. The average Bonchev–Trinajstić information content (AvgIpc) is 2.62. The van der Waals surface area contributed by atoms with Gasteiger partial charge in [0.05, 0.1) is 6.07 Å². The highest BCUT2D eigenvalue weighted by Crippen LogP contribution is 2.26. The second-order valence-corrected chi connectivity index (χ2v) is 5.86. The van der Waals surface area contributed by atoms with E-state index in [9.17, 15) is 0 Å². The number of fused-ring (bicyclic) bond motifs is 2. The van der Waals surface area contributed by atoms with Crippen LogP contribution in [0.4, 0.5) is 5.69 Å². The maximum atomic E-state index is 6.19. The normalized spacial score (nSPS) is 10.7. The Labute approximate surface area is 148 Å². The standard InChI is InChI=1S/C20H26N3O.H2O/c1-5-22(6-2)15-9-11-17-19(13-15)24-20-14-16(23(7-3)8-4)10-12-18(20)21-17;/h9-14H,5-8H2,1-4H3;1H2/q+1;/p-1. The van der Waals surface area contributed by atoms with Crippen molar-refractivity contribution in [3.63, 3.8) is 0 Å². The van der Waals surface area contributed by atoms with Crippen molar-refractivity contribution in [2.24, 2.45) is 0 Å². The van der Waals surface area contributed by atoms with Crippen LogP contribution in [0.15, 0.2) is 40.8 Å². The third-order valence-electron chi connectivity index (χ3n) is 4.60. The van der Waals surface area contributed by atoms with Crippen molar-refractivity contribution < 1.29 is 9.89 Å². The minimum absolute atomic E-state index is 0. The quantitative estimate of drug-likeness (QED) is 0.527. The van der Waals surface area contributed by atoms with Gasteiger partial charge in [-0.05, 0) is 45.9 Å². The lowest BCUT2D eigenvalue weighted by Gasteiger charge is -2.21. The Morgan fingerprint density at radius 2 is 1.68 bits per heavy atom. The molecule has 134 valence electrons. The van der Waals surface area contributed by atoms with Crippen LogP contribution in [0.3, 0.4) is 0 Å². The molecule has 1 aromatic carbocycles. The summed E-state index contributed by atoms with van der Waals surface area (Å²) in [7, 11) is 0. The SMILES string of the molecule is CCN(CC)c1ccc2nc3ccc(=[N+](CC)CC)cc-3oc2c1.[OH-]. The van der Waals surface area contributed by atoms with Gasteiger partial charge in [0.2, 0.25) is 5.36 Å². The molecule has 1 N–H and O–H groups in total. The predicted molar refractivity (Wildman–Crippen MR) is 102 cm³/mol. The molecular weight excluding hydrogens is 314 g/mol. The smallest absolute Gasteiger partial charge is 0.203 e. The number of benzene rings is 2. The Morgan fingerprint density at radius 3 is 2.32 bits per heavy atom. The molecule has 0 saturated carbocycles. The van der Waals surface area contributed by atoms with Crippen LogP contribution in [0, 0.1) is 0 Å².